The predicted octanol–water partition coefficient (Wildman–Crippen LogP) is 7.61. The average molecular weight is 470 g/mol. The first-order valence-corrected chi connectivity index (χ1v) is 12.7. The van der Waals surface area contributed by atoms with Gasteiger partial charge in [-0.3, -0.25) is 4.79 Å². The molecule has 1 amide bonds. The summed E-state index contributed by atoms with van der Waals surface area (Å²) in [6.07, 6.45) is 0.862. The van der Waals surface area contributed by atoms with Crippen LogP contribution in [0.15, 0.2) is 77.7 Å². The van der Waals surface area contributed by atoms with E-state index in [9.17, 15) is 4.79 Å². The SMILES string of the molecule is CC[C@H]1[C@H](C)[C@@H](Nc2ccc(SC#N)cc2)c2ccccc2N1C(=O)c1ccc(C(C)C)cc1. The van der Waals surface area contributed by atoms with Crippen LogP contribution in [0.5, 0.6) is 0 Å². The van der Waals surface area contributed by atoms with E-state index in [0.717, 1.165) is 45.6 Å². The number of carbonyl (C=O) groups is 1. The summed E-state index contributed by atoms with van der Waals surface area (Å²) in [5, 5.41) is 14.7. The largest absolute Gasteiger partial charge is 0.378 e. The van der Waals surface area contributed by atoms with Crippen LogP contribution in [0, 0.1) is 16.6 Å². The third-order valence-corrected chi connectivity index (χ3v) is 7.40. The second kappa shape index (κ2) is 10.4. The molecule has 1 N–H and O–H groups in total. The number of rotatable bonds is 6. The molecule has 1 heterocycles. The van der Waals surface area contributed by atoms with Gasteiger partial charge in [0.25, 0.3) is 5.91 Å². The van der Waals surface area contributed by atoms with Gasteiger partial charge in [0, 0.05) is 33.8 Å². The summed E-state index contributed by atoms with van der Waals surface area (Å²) in [7, 11) is 0. The second-order valence-electron chi connectivity index (χ2n) is 9.19. The number of thioether (sulfide) groups is 1. The van der Waals surface area contributed by atoms with Gasteiger partial charge >= 0.3 is 0 Å². The summed E-state index contributed by atoms with van der Waals surface area (Å²) in [6, 6.07) is 24.4. The van der Waals surface area contributed by atoms with Gasteiger partial charge in [0.15, 0.2) is 0 Å². The van der Waals surface area contributed by atoms with Crippen molar-refractivity contribution in [2.45, 2.75) is 57.0 Å². The molecule has 0 unspecified atom stereocenters. The normalized spacial score (nSPS) is 19.4. The number of hydrogen-bond donors (Lipinski definition) is 1. The second-order valence-corrected chi connectivity index (χ2v) is 10.0. The van der Waals surface area contributed by atoms with Gasteiger partial charge in [0.05, 0.1) is 6.04 Å². The van der Waals surface area contributed by atoms with Gasteiger partial charge in [0.2, 0.25) is 0 Å². The molecule has 0 aliphatic carbocycles. The molecule has 0 bridgehead atoms. The van der Waals surface area contributed by atoms with Gasteiger partial charge in [-0.1, -0.05) is 58.0 Å². The molecule has 4 nitrogen and oxygen atoms in total. The van der Waals surface area contributed by atoms with Gasteiger partial charge in [0.1, 0.15) is 5.40 Å². The molecule has 3 aromatic carbocycles. The lowest BCUT2D eigenvalue weighted by Crippen LogP contribution is -2.50. The number of fused-ring (bicyclic) bond motifs is 1. The zero-order valence-electron chi connectivity index (χ0n) is 20.2. The van der Waals surface area contributed by atoms with Crippen LogP contribution < -0.4 is 10.2 Å². The fourth-order valence-corrected chi connectivity index (χ4v) is 5.29. The van der Waals surface area contributed by atoms with E-state index < -0.39 is 0 Å². The number of nitrogens with one attached hydrogen (secondary N) is 1. The van der Waals surface area contributed by atoms with Gasteiger partial charge in [-0.15, -0.1) is 0 Å². The highest BCUT2D eigenvalue weighted by Crippen LogP contribution is 2.44. The maximum atomic E-state index is 13.8. The summed E-state index contributed by atoms with van der Waals surface area (Å²) >= 11 is 1.16. The quantitative estimate of drug-likeness (QED) is 0.298. The van der Waals surface area contributed by atoms with Gasteiger partial charge in [-0.05, 0) is 77.7 Å². The van der Waals surface area contributed by atoms with Crippen molar-refractivity contribution in [2.24, 2.45) is 5.92 Å². The summed E-state index contributed by atoms with van der Waals surface area (Å²) in [6.45, 7) is 8.71. The number of thiocyanates is 1. The van der Waals surface area contributed by atoms with E-state index in [-0.39, 0.29) is 23.9 Å². The molecular formula is C29H31N3OS. The summed E-state index contributed by atoms with van der Waals surface area (Å²) < 4.78 is 0. The minimum absolute atomic E-state index is 0.0535. The van der Waals surface area contributed by atoms with Crippen molar-refractivity contribution in [1.29, 1.82) is 5.26 Å². The minimum Gasteiger partial charge on any atom is -0.378 e. The molecule has 0 aromatic heterocycles. The fourth-order valence-electron chi connectivity index (χ4n) is 4.91. The molecule has 0 saturated heterocycles. The minimum atomic E-state index is 0.0535. The first-order chi connectivity index (χ1) is 16.4. The molecule has 0 spiro atoms. The van der Waals surface area contributed by atoms with Crippen molar-refractivity contribution in [3.05, 3.63) is 89.5 Å². The highest BCUT2D eigenvalue weighted by molar-refractivity contribution is 8.03. The zero-order chi connectivity index (χ0) is 24.2. The summed E-state index contributed by atoms with van der Waals surface area (Å²) in [5.41, 5.74) is 5.07. The molecule has 0 saturated carbocycles. The van der Waals surface area contributed by atoms with E-state index >= 15 is 0 Å². The number of para-hydroxylation sites is 1. The predicted molar refractivity (Wildman–Crippen MR) is 141 cm³/mol. The summed E-state index contributed by atoms with van der Waals surface area (Å²) in [4.78, 5) is 16.7. The monoisotopic (exact) mass is 469 g/mol. The van der Waals surface area contributed by atoms with Crippen LogP contribution in [0.25, 0.3) is 0 Å². The highest BCUT2D eigenvalue weighted by Gasteiger charge is 2.40. The Hall–Kier alpha value is -3.23. The number of benzene rings is 3. The van der Waals surface area contributed by atoms with E-state index in [1.807, 2.05) is 53.4 Å². The van der Waals surface area contributed by atoms with Crippen molar-refractivity contribution >= 4 is 29.0 Å². The lowest BCUT2D eigenvalue weighted by molar-refractivity contribution is 0.0960. The van der Waals surface area contributed by atoms with E-state index in [4.69, 9.17) is 5.26 Å². The van der Waals surface area contributed by atoms with E-state index in [1.54, 1.807) is 0 Å². The smallest absolute Gasteiger partial charge is 0.258 e. The van der Waals surface area contributed by atoms with Gasteiger partial charge in [-0.2, -0.15) is 5.26 Å². The lowest BCUT2D eigenvalue weighted by Gasteiger charge is -2.45. The number of anilines is 2. The number of hydrogen-bond acceptors (Lipinski definition) is 4. The molecule has 174 valence electrons. The number of nitrogens with zero attached hydrogens (tertiary/aromatic N) is 2. The molecule has 1 aliphatic rings. The first-order valence-electron chi connectivity index (χ1n) is 11.9. The topological polar surface area (TPSA) is 56.1 Å². The number of carbonyl (C=O) groups excluding carboxylic acids is 1. The highest BCUT2D eigenvalue weighted by atomic mass is 32.2. The molecule has 3 atom stereocenters. The van der Waals surface area contributed by atoms with Crippen LogP contribution in [0.1, 0.15) is 67.6 Å². The number of amides is 1. The Bertz CT molecular complexity index is 1180. The molecule has 34 heavy (non-hydrogen) atoms. The summed E-state index contributed by atoms with van der Waals surface area (Å²) in [5.74, 6) is 0.687. The van der Waals surface area contributed by atoms with Crippen molar-refractivity contribution in [2.75, 3.05) is 10.2 Å². The van der Waals surface area contributed by atoms with E-state index in [0.29, 0.717) is 5.92 Å². The zero-order valence-corrected chi connectivity index (χ0v) is 21.0. The Labute approximate surface area is 207 Å². The van der Waals surface area contributed by atoms with Crippen molar-refractivity contribution in [3.8, 4) is 5.40 Å². The van der Waals surface area contributed by atoms with Crippen molar-refractivity contribution in [3.63, 3.8) is 0 Å². The van der Waals surface area contributed by atoms with E-state index in [1.165, 1.54) is 5.56 Å². The maximum absolute atomic E-state index is 13.8. The van der Waals surface area contributed by atoms with Crippen molar-refractivity contribution < 1.29 is 4.79 Å². The fraction of sp³-hybridized carbons (Fsp3) is 0.310. The molecule has 0 radical (unpaired) electrons. The van der Waals surface area contributed by atoms with Gasteiger partial charge in [-0.25, -0.2) is 0 Å². The Morgan fingerprint density at radius 1 is 1.06 bits per heavy atom. The van der Waals surface area contributed by atoms with Crippen molar-refractivity contribution in [1.82, 2.24) is 0 Å². The Morgan fingerprint density at radius 2 is 1.74 bits per heavy atom. The first kappa shape index (κ1) is 23.9. The van der Waals surface area contributed by atoms with Crippen LogP contribution in [0.4, 0.5) is 11.4 Å². The maximum Gasteiger partial charge on any atom is 0.258 e. The Balaban J connectivity index is 1.68. The molecular weight excluding hydrogens is 438 g/mol. The number of nitriles is 1. The van der Waals surface area contributed by atoms with E-state index in [2.05, 4.69) is 62.7 Å². The molecule has 1 aliphatic heterocycles. The third-order valence-electron chi connectivity index (χ3n) is 6.80. The Kier molecular flexibility index (Phi) is 7.29. The molecule has 5 heteroatoms. The van der Waals surface area contributed by atoms with Crippen LogP contribution >= 0.6 is 11.8 Å². The molecule has 3 aromatic rings. The van der Waals surface area contributed by atoms with Crippen LogP contribution in [-0.4, -0.2) is 11.9 Å². The van der Waals surface area contributed by atoms with Crippen LogP contribution in [-0.2, 0) is 0 Å². The average Bonchev–Trinajstić information content (AvgIpc) is 2.86. The van der Waals surface area contributed by atoms with Crippen LogP contribution in [0.2, 0.25) is 0 Å². The standard InChI is InChI=1S/C29H31N3OS/c1-5-26-20(4)28(31-23-14-16-24(17-15-23)34-18-30)25-8-6-7-9-27(25)32(26)29(33)22-12-10-21(11-13-22)19(2)3/h6-17,19-20,26,28,31H,5H2,1-4H3/t20-,26-,28+/m0/s1. The molecule has 0 fully saturated rings. The lowest BCUT2D eigenvalue weighted by atomic mass is 9.80. The van der Waals surface area contributed by atoms with Gasteiger partial charge < -0.3 is 10.2 Å². The third kappa shape index (κ3) is 4.69. The van der Waals surface area contributed by atoms with Crippen LogP contribution in [0.3, 0.4) is 0 Å². The molecule has 4 rings (SSSR count). The Morgan fingerprint density at radius 3 is 2.35 bits per heavy atom.